The second-order valence-corrected chi connectivity index (χ2v) is 6.65. The molecule has 6 atom stereocenters. The summed E-state index contributed by atoms with van der Waals surface area (Å²) in [5, 5.41) is 38.5. The predicted octanol–water partition coefficient (Wildman–Crippen LogP) is 0.119. The highest BCUT2D eigenvalue weighted by atomic mass is 16.7. The van der Waals surface area contributed by atoms with Crippen molar-refractivity contribution in [1.29, 1.82) is 0 Å². The van der Waals surface area contributed by atoms with E-state index in [0.29, 0.717) is 31.1 Å². The van der Waals surface area contributed by atoms with Gasteiger partial charge in [-0.15, -0.1) is 0 Å². The average molecular weight is 376 g/mol. The summed E-state index contributed by atoms with van der Waals surface area (Å²) in [6.07, 6.45) is -2.11. The lowest BCUT2D eigenvalue weighted by atomic mass is 9.99. The average Bonchev–Trinajstić information content (AvgIpc) is 2.61. The molecule has 152 valence electrons. The summed E-state index contributed by atoms with van der Waals surface area (Å²) in [6.45, 7) is 5.71. The second-order valence-electron chi connectivity index (χ2n) is 6.65. The fraction of sp³-hybridized carbons (Fsp3) is 0.833. The minimum absolute atomic E-state index is 0.296. The van der Waals surface area contributed by atoms with Crippen LogP contribution < -0.4 is 0 Å². The summed E-state index contributed by atoms with van der Waals surface area (Å²) in [6, 6.07) is 0. The Kier molecular flexibility index (Phi) is 10.3. The van der Waals surface area contributed by atoms with Crippen molar-refractivity contribution < 1.29 is 39.4 Å². The lowest BCUT2D eigenvalue weighted by molar-refractivity contribution is -0.301. The van der Waals surface area contributed by atoms with E-state index in [2.05, 4.69) is 0 Å². The maximum Gasteiger partial charge on any atom is 0.333 e. The number of hydrogen-bond donors (Lipinski definition) is 4. The van der Waals surface area contributed by atoms with Crippen LogP contribution in [0.2, 0.25) is 0 Å². The van der Waals surface area contributed by atoms with Gasteiger partial charge in [-0.1, -0.05) is 13.0 Å². The van der Waals surface area contributed by atoms with E-state index in [-0.39, 0.29) is 5.97 Å². The van der Waals surface area contributed by atoms with Gasteiger partial charge in [0.15, 0.2) is 6.29 Å². The Morgan fingerprint density at radius 2 is 1.88 bits per heavy atom. The van der Waals surface area contributed by atoms with Crippen LogP contribution in [0.15, 0.2) is 11.6 Å². The third kappa shape index (κ3) is 6.94. The summed E-state index contributed by atoms with van der Waals surface area (Å²) in [7, 11) is 0. The molecular formula is C18H32O8. The quantitative estimate of drug-likeness (QED) is 0.313. The second kappa shape index (κ2) is 11.6. The van der Waals surface area contributed by atoms with Crippen molar-refractivity contribution in [3.05, 3.63) is 11.6 Å². The van der Waals surface area contributed by atoms with Crippen molar-refractivity contribution in [3.8, 4) is 0 Å². The van der Waals surface area contributed by atoms with Crippen LogP contribution in [-0.2, 0) is 19.0 Å². The fourth-order valence-corrected chi connectivity index (χ4v) is 2.65. The van der Waals surface area contributed by atoms with Gasteiger partial charge in [-0.3, -0.25) is 0 Å². The van der Waals surface area contributed by atoms with Crippen LogP contribution in [0.25, 0.3) is 0 Å². The van der Waals surface area contributed by atoms with Gasteiger partial charge in [0.1, 0.15) is 24.4 Å². The SMILES string of the molecule is CCOC(=O)C(C)=CCCC(C)CCOC1OC(CO)C(O)C(O)C1O. The first kappa shape index (κ1) is 23.0. The zero-order valence-corrected chi connectivity index (χ0v) is 15.7. The van der Waals surface area contributed by atoms with Gasteiger partial charge < -0.3 is 34.6 Å². The molecule has 0 saturated carbocycles. The standard InChI is InChI=1S/C18H32O8/c1-4-24-17(23)12(3)7-5-6-11(2)8-9-25-18-16(22)15(21)14(20)13(10-19)26-18/h7,11,13-16,18-22H,4-6,8-10H2,1-3H3. The zero-order chi connectivity index (χ0) is 19.7. The molecule has 0 bridgehead atoms. The zero-order valence-electron chi connectivity index (χ0n) is 15.7. The van der Waals surface area contributed by atoms with Crippen LogP contribution in [0.4, 0.5) is 0 Å². The molecule has 6 unspecified atom stereocenters. The Hall–Kier alpha value is -1.03. The van der Waals surface area contributed by atoms with Crippen LogP contribution >= 0.6 is 0 Å². The van der Waals surface area contributed by atoms with Crippen molar-refractivity contribution in [2.24, 2.45) is 5.92 Å². The molecule has 1 aliphatic rings. The summed E-state index contributed by atoms with van der Waals surface area (Å²) >= 11 is 0. The van der Waals surface area contributed by atoms with Crippen molar-refractivity contribution in [1.82, 2.24) is 0 Å². The summed E-state index contributed by atoms with van der Waals surface area (Å²) in [4.78, 5) is 11.5. The molecule has 1 heterocycles. The van der Waals surface area contributed by atoms with Gasteiger partial charge in [0.05, 0.1) is 19.8 Å². The summed E-state index contributed by atoms with van der Waals surface area (Å²) in [5.74, 6) is 0.0113. The third-order valence-corrected chi connectivity index (χ3v) is 4.45. The van der Waals surface area contributed by atoms with Gasteiger partial charge in [-0.05, 0) is 39.0 Å². The van der Waals surface area contributed by atoms with Crippen LogP contribution in [0.5, 0.6) is 0 Å². The number of allylic oxidation sites excluding steroid dienone is 1. The van der Waals surface area contributed by atoms with Crippen LogP contribution in [0, 0.1) is 5.92 Å². The Labute approximate surface area is 154 Å². The molecule has 26 heavy (non-hydrogen) atoms. The molecule has 8 nitrogen and oxygen atoms in total. The van der Waals surface area contributed by atoms with Crippen molar-refractivity contribution in [3.63, 3.8) is 0 Å². The minimum Gasteiger partial charge on any atom is -0.463 e. The van der Waals surface area contributed by atoms with Crippen molar-refractivity contribution >= 4 is 5.97 Å². The molecule has 1 fully saturated rings. The summed E-state index contributed by atoms with van der Waals surface area (Å²) in [5.41, 5.74) is 0.594. The number of hydrogen-bond acceptors (Lipinski definition) is 8. The Morgan fingerprint density at radius 1 is 1.19 bits per heavy atom. The van der Waals surface area contributed by atoms with E-state index in [0.717, 1.165) is 12.8 Å². The molecule has 8 heteroatoms. The molecule has 4 N–H and O–H groups in total. The van der Waals surface area contributed by atoms with Crippen LogP contribution in [-0.4, -0.2) is 76.9 Å². The molecule has 0 amide bonds. The molecule has 1 rings (SSSR count). The molecule has 1 saturated heterocycles. The number of ether oxygens (including phenoxy) is 3. The smallest absolute Gasteiger partial charge is 0.333 e. The molecule has 1 aliphatic heterocycles. The molecular weight excluding hydrogens is 344 g/mol. The van der Waals surface area contributed by atoms with E-state index in [1.807, 2.05) is 13.0 Å². The van der Waals surface area contributed by atoms with Gasteiger partial charge in [-0.2, -0.15) is 0 Å². The predicted molar refractivity (Wildman–Crippen MR) is 93.1 cm³/mol. The molecule has 0 radical (unpaired) electrons. The molecule has 0 aromatic heterocycles. The van der Waals surface area contributed by atoms with E-state index in [9.17, 15) is 20.1 Å². The van der Waals surface area contributed by atoms with Crippen molar-refractivity contribution in [2.45, 2.75) is 70.7 Å². The third-order valence-electron chi connectivity index (χ3n) is 4.45. The highest BCUT2D eigenvalue weighted by Gasteiger charge is 2.43. The Balaban J connectivity index is 2.31. The normalized spacial score (nSPS) is 30.9. The molecule has 0 aliphatic carbocycles. The van der Waals surface area contributed by atoms with E-state index in [1.54, 1.807) is 13.8 Å². The van der Waals surface area contributed by atoms with Crippen molar-refractivity contribution in [2.75, 3.05) is 19.8 Å². The molecule has 0 aromatic rings. The maximum atomic E-state index is 11.5. The fourth-order valence-electron chi connectivity index (χ4n) is 2.65. The van der Waals surface area contributed by atoms with E-state index < -0.39 is 37.3 Å². The molecule has 0 spiro atoms. The number of esters is 1. The Morgan fingerprint density at radius 3 is 2.50 bits per heavy atom. The Bertz CT molecular complexity index is 450. The van der Waals surface area contributed by atoms with Crippen LogP contribution in [0.3, 0.4) is 0 Å². The van der Waals surface area contributed by atoms with E-state index in [1.165, 1.54) is 0 Å². The van der Waals surface area contributed by atoms with Gasteiger partial charge in [-0.25, -0.2) is 4.79 Å². The molecule has 0 aromatic carbocycles. The monoisotopic (exact) mass is 376 g/mol. The first-order chi connectivity index (χ1) is 12.3. The number of aliphatic hydroxyl groups is 4. The largest absolute Gasteiger partial charge is 0.463 e. The topological polar surface area (TPSA) is 126 Å². The van der Waals surface area contributed by atoms with Gasteiger partial charge >= 0.3 is 5.97 Å². The number of aliphatic hydroxyl groups excluding tert-OH is 4. The van der Waals surface area contributed by atoms with E-state index >= 15 is 0 Å². The minimum atomic E-state index is -1.43. The lowest BCUT2D eigenvalue weighted by Gasteiger charge is -2.39. The van der Waals surface area contributed by atoms with Gasteiger partial charge in [0.2, 0.25) is 0 Å². The van der Waals surface area contributed by atoms with E-state index in [4.69, 9.17) is 19.3 Å². The van der Waals surface area contributed by atoms with Gasteiger partial charge in [0.25, 0.3) is 0 Å². The van der Waals surface area contributed by atoms with Gasteiger partial charge in [0, 0.05) is 5.57 Å². The van der Waals surface area contributed by atoms with Crippen LogP contribution in [0.1, 0.15) is 40.0 Å². The number of carbonyl (C=O) groups is 1. The number of rotatable bonds is 10. The first-order valence-electron chi connectivity index (χ1n) is 9.07. The maximum absolute atomic E-state index is 11.5. The lowest BCUT2D eigenvalue weighted by Crippen LogP contribution is -2.59. The highest BCUT2D eigenvalue weighted by molar-refractivity contribution is 5.87. The number of carbonyl (C=O) groups excluding carboxylic acids is 1. The first-order valence-corrected chi connectivity index (χ1v) is 9.07. The summed E-state index contributed by atoms with van der Waals surface area (Å²) < 4.78 is 15.7. The highest BCUT2D eigenvalue weighted by Crippen LogP contribution is 2.22.